The van der Waals surface area contributed by atoms with Crippen molar-refractivity contribution in [2.24, 2.45) is 29.0 Å². The zero-order chi connectivity index (χ0) is 50.1. The van der Waals surface area contributed by atoms with Crippen LogP contribution in [0.3, 0.4) is 0 Å². The van der Waals surface area contributed by atoms with Crippen LogP contribution in [0.4, 0.5) is 0 Å². The molecule has 370 valence electrons. The van der Waals surface area contributed by atoms with Crippen molar-refractivity contribution in [2.75, 3.05) is 46.4 Å². The summed E-state index contributed by atoms with van der Waals surface area (Å²) >= 11 is 0. The van der Waals surface area contributed by atoms with E-state index in [1.807, 2.05) is 30.3 Å². The summed E-state index contributed by atoms with van der Waals surface area (Å²) in [6.45, 7) is 5.19. The predicted molar refractivity (Wildman–Crippen MR) is 260 cm³/mol. The summed E-state index contributed by atoms with van der Waals surface area (Å²) in [5.74, 6) is 0.0254. The highest BCUT2D eigenvalue weighted by molar-refractivity contribution is 6.00. The Balaban J connectivity index is 1.19. The van der Waals surface area contributed by atoms with Gasteiger partial charge in [0.25, 0.3) is 5.91 Å². The lowest BCUT2D eigenvalue weighted by atomic mass is 9.93. The van der Waals surface area contributed by atoms with Gasteiger partial charge in [0.15, 0.2) is 5.82 Å². The van der Waals surface area contributed by atoms with Crippen LogP contribution in [0, 0.1) is 37.0 Å². The third-order valence-corrected chi connectivity index (χ3v) is 13.2. The fraction of sp³-hybridized carbons (Fsp3) is 0.451. The van der Waals surface area contributed by atoms with Crippen molar-refractivity contribution >= 4 is 29.5 Å². The molecule has 2 aliphatic carbocycles. The first-order valence-electron chi connectivity index (χ1n) is 23.8. The highest BCUT2D eigenvalue weighted by Crippen LogP contribution is 2.46. The number of nitrogens with one attached hydrogen (secondary N) is 4. The van der Waals surface area contributed by atoms with E-state index in [1.54, 1.807) is 50.2 Å². The van der Waals surface area contributed by atoms with Crippen LogP contribution in [0.25, 0.3) is 22.5 Å². The first kappa shape index (κ1) is 50.7. The van der Waals surface area contributed by atoms with Crippen molar-refractivity contribution in [1.82, 2.24) is 36.1 Å². The number of nitriles is 1. The number of amides is 5. The molecule has 1 aromatic heterocycles. The highest BCUT2D eigenvalue weighted by atomic mass is 16.5. The Bertz CT molecular complexity index is 2600. The molecule has 0 saturated heterocycles. The molecule has 3 aliphatic rings. The van der Waals surface area contributed by atoms with E-state index < -0.39 is 53.7 Å². The number of rotatable bonds is 17. The Labute approximate surface area is 407 Å². The van der Waals surface area contributed by atoms with Crippen molar-refractivity contribution in [1.29, 1.82) is 5.26 Å². The van der Waals surface area contributed by atoms with Crippen molar-refractivity contribution < 1.29 is 38.2 Å². The van der Waals surface area contributed by atoms with Crippen LogP contribution in [0.1, 0.15) is 77.9 Å². The van der Waals surface area contributed by atoms with E-state index in [0.29, 0.717) is 56.9 Å². The van der Waals surface area contributed by atoms with Crippen LogP contribution >= 0.6 is 0 Å². The number of carbonyl (C=O) groups excluding carboxylic acids is 5. The topological polar surface area (TPSA) is 292 Å². The Morgan fingerprint density at radius 3 is 2.16 bits per heavy atom. The van der Waals surface area contributed by atoms with Crippen LogP contribution < -0.4 is 52.7 Å². The number of ether oxygens (including phenoxy) is 3. The van der Waals surface area contributed by atoms with Gasteiger partial charge in [-0.25, -0.2) is 9.97 Å². The minimum absolute atomic E-state index is 0.000450. The zero-order valence-electron chi connectivity index (χ0n) is 40.1. The van der Waals surface area contributed by atoms with E-state index in [2.05, 4.69) is 21.3 Å². The third-order valence-electron chi connectivity index (χ3n) is 13.2. The normalized spacial score (nSPS) is 21.0. The molecule has 1 unspecified atom stereocenters. The summed E-state index contributed by atoms with van der Waals surface area (Å²) in [7, 11) is 1.42. The largest absolute Gasteiger partial charge is 0.492 e. The molecule has 2 heterocycles. The molecule has 19 nitrogen and oxygen atoms in total. The predicted octanol–water partition coefficient (Wildman–Crippen LogP) is 2.50. The second-order valence-corrected chi connectivity index (χ2v) is 18.1. The lowest BCUT2D eigenvalue weighted by Gasteiger charge is -2.32. The molecule has 2 saturated carbocycles. The van der Waals surface area contributed by atoms with Crippen LogP contribution in [-0.2, 0) is 25.6 Å². The Morgan fingerprint density at radius 1 is 0.871 bits per heavy atom. The van der Waals surface area contributed by atoms with Crippen molar-refractivity contribution in [2.45, 2.75) is 89.6 Å². The standard InChI is InChI=1S/C51H63N11O8/c1-28-44(29(2)58-46(57-28)33-8-11-36(12-9-33)70-43-26-31-5-7-34(43)23-31)49(65)60-39(15-16-52)51(67)62(4)45-35-10-14-42(69-22-19-55)38(27-35)37-24-32(6-13-41(37)68-21-18-54)25-40(48(64)56-20-17-53)61-47(63)30(3)59-50(45)66/h6,8-14,24,27,30-31,34,39-40,43,45H,5,7,15-16,18-23,25-26,52,54-55H2,1-4H3,(H,56,64)(H,59,66)(H,60,65)(H,61,63)/t30-,31+,34-,39-,40-,43?,45-/m0/s1. The third kappa shape index (κ3) is 11.6. The fourth-order valence-corrected chi connectivity index (χ4v) is 9.72. The Morgan fingerprint density at radius 2 is 1.54 bits per heavy atom. The second-order valence-electron chi connectivity index (χ2n) is 18.1. The van der Waals surface area contributed by atoms with Gasteiger partial charge in [-0.05, 0) is 131 Å². The maximum atomic E-state index is 14.8. The second kappa shape index (κ2) is 23.0. The first-order chi connectivity index (χ1) is 33.7. The van der Waals surface area contributed by atoms with E-state index >= 15 is 0 Å². The summed E-state index contributed by atoms with van der Waals surface area (Å²) in [4.78, 5) is 81.4. The van der Waals surface area contributed by atoms with Gasteiger partial charge in [-0.2, -0.15) is 5.26 Å². The summed E-state index contributed by atoms with van der Waals surface area (Å²) < 4.78 is 18.6. The van der Waals surface area contributed by atoms with Gasteiger partial charge in [-0.3, -0.25) is 24.0 Å². The molecule has 0 spiro atoms. The minimum Gasteiger partial charge on any atom is -0.492 e. The molecule has 70 heavy (non-hydrogen) atoms. The Kier molecular flexibility index (Phi) is 16.7. The van der Waals surface area contributed by atoms with Gasteiger partial charge in [0.2, 0.25) is 23.6 Å². The summed E-state index contributed by atoms with van der Waals surface area (Å²) in [5.41, 5.74) is 21.3. The number of fused-ring (bicyclic) bond motifs is 7. The number of nitrogens with two attached hydrogens (primary N) is 3. The molecule has 7 rings (SSSR count). The van der Waals surface area contributed by atoms with Crippen molar-refractivity contribution in [3.05, 3.63) is 88.7 Å². The van der Waals surface area contributed by atoms with Gasteiger partial charge < -0.3 is 57.6 Å². The quantitative estimate of drug-likeness (QED) is 0.0749. The number of likely N-dealkylation sites (N-methyl/N-ethyl adjacent to an activating group) is 1. The van der Waals surface area contributed by atoms with Gasteiger partial charge >= 0.3 is 0 Å². The monoisotopic (exact) mass is 957 g/mol. The number of hydrogen-bond donors (Lipinski definition) is 7. The number of aromatic nitrogens is 2. The molecule has 4 aromatic rings. The van der Waals surface area contributed by atoms with E-state index in [9.17, 15) is 29.2 Å². The fourth-order valence-electron chi connectivity index (χ4n) is 9.72. The summed E-state index contributed by atoms with van der Waals surface area (Å²) in [5, 5.41) is 20.0. The number of benzene rings is 3. The zero-order valence-corrected chi connectivity index (χ0v) is 40.1. The average molecular weight is 958 g/mol. The lowest BCUT2D eigenvalue weighted by molar-refractivity contribution is -0.141. The molecule has 0 radical (unpaired) electrons. The maximum absolute atomic E-state index is 14.8. The SMILES string of the molecule is Cc1nc(-c2ccc(OC3C[C@@H]4CC[C@H]3C4)cc2)nc(C)c1C(=O)N[C@@H](CCN)C(=O)N(C)[C@@H]1C(=O)N[C@@H](C)C(=O)N[C@H](C(=O)NCC#N)Cc2ccc(OCCN)c(c2)-c2cc1ccc2OCCN. The summed E-state index contributed by atoms with van der Waals surface area (Å²) in [6, 6.07) is 14.7. The van der Waals surface area contributed by atoms with Crippen LogP contribution in [0.5, 0.6) is 17.2 Å². The Hall–Kier alpha value is -7.14. The molecule has 3 aromatic carbocycles. The molecular formula is C51H63N11O8. The molecule has 10 N–H and O–H groups in total. The number of carbonyl (C=O) groups is 5. The molecule has 7 atom stereocenters. The van der Waals surface area contributed by atoms with Gasteiger partial charge in [0, 0.05) is 43.2 Å². The van der Waals surface area contributed by atoms with E-state index in [-0.39, 0.29) is 63.9 Å². The molecule has 19 heteroatoms. The van der Waals surface area contributed by atoms with E-state index in [4.69, 9.17) is 41.4 Å². The van der Waals surface area contributed by atoms with Gasteiger partial charge in [0.1, 0.15) is 67.3 Å². The van der Waals surface area contributed by atoms with Gasteiger partial charge in [-0.1, -0.05) is 12.1 Å². The maximum Gasteiger partial charge on any atom is 0.255 e. The van der Waals surface area contributed by atoms with Gasteiger partial charge in [-0.15, -0.1) is 0 Å². The molecule has 6 bridgehead atoms. The van der Waals surface area contributed by atoms with Crippen molar-refractivity contribution in [3.63, 3.8) is 0 Å². The van der Waals surface area contributed by atoms with Crippen LogP contribution in [0.15, 0.2) is 60.7 Å². The van der Waals surface area contributed by atoms with Crippen LogP contribution in [0.2, 0.25) is 0 Å². The van der Waals surface area contributed by atoms with Crippen LogP contribution in [-0.4, -0.2) is 115 Å². The number of hydrogen-bond acceptors (Lipinski definition) is 14. The van der Waals surface area contributed by atoms with E-state index in [0.717, 1.165) is 23.7 Å². The lowest BCUT2D eigenvalue weighted by Crippen LogP contribution is -2.56. The molecular weight excluding hydrogens is 895 g/mol. The number of nitrogens with zero attached hydrogens (tertiary/aromatic N) is 4. The molecule has 2 fully saturated rings. The highest BCUT2D eigenvalue weighted by Gasteiger charge is 2.41. The van der Waals surface area contributed by atoms with Crippen molar-refractivity contribution in [3.8, 4) is 45.8 Å². The summed E-state index contributed by atoms with van der Waals surface area (Å²) in [6.07, 6.45) is 5.10. The number of aryl methyl sites for hydroxylation is 2. The average Bonchev–Trinajstić information content (AvgIpc) is 3.98. The smallest absolute Gasteiger partial charge is 0.255 e. The molecule has 5 amide bonds. The molecule has 1 aliphatic heterocycles. The van der Waals surface area contributed by atoms with Gasteiger partial charge in [0.05, 0.1) is 23.0 Å². The van der Waals surface area contributed by atoms with E-state index in [1.165, 1.54) is 38.1 Å². The minimum atomic E-state index is -1.41. The first-order valence-corrected chi connectivity index (χ1v) is 23.8.